The first-order valence-corrected chi connectivity index (χ1v) is 9.29. The lowest BCUT2D eigenvalue weighted by atomic mass is 10.2. The summed E-state index contributed by atoms with van der Waals surface area (Å²) in [7, 11) is -3.50. The van der Waals surface area contributed by atoms with Gasteiger partial charge in [0.05, 0.1) is 0 Å². The Hall–Kier alpha value is -0.790. The van der Waals surface area contributed by atoms with E-state index < -0.39 is 10.0 Å². The van der Waals surface area contributed by atoms with Crippen molar-refractivity contribution in [3.05, 3.63) is 18.3 Å². The van der Waals surface area contributed by atoms with E-state index in [1.54, 1.807) is 22.6 Å². The topological polar surface area (TPSA) is 62.3 Å². The van der Waals surface area contributed by atoms with Gasteiger partial charge in [0, 0.05) is 36.3 Å². The van der Waals surface area contributed by atoms with Gasteiger partial charge in [-0.1, -0.05) is 6.92 Å². The van der Waals surface area contributed by atoms with Crippen molar-refractivity contribution >= 4 is 27.6 Å². The Kier molecular flexibility index (Phi) is 4.93. The highest BCUT2D eigenvalue weighted by Crippen LogP contribution is 2.31. The maximum absolute atomic E-state index is 12.9. The van der Waals surface area contributed by atoms with Crippen molar-refractivity contribution in [2.24, 2.45) is 0 Å². The Bertz CT molecular complexity index is 562. The molecule has 1 aromatic rings. The van der Waals surface area contributed by atoms with Crippen molar-refractivity contribution in [2.75, 3.05) is 24.2 Å². The molecule has 0 spiro atoms. The van der Waals surface area contributed by atoms with Crippen LogP contribution in [-0.4, -0.2) is 47.8 Å². The van der Waals surface area contributed by atoms with Crippen molar-refractivity contribution < 1.29 is 8.42 Å². The zero-order valence-electron chi connectivity index (χ0n) is 12.0. The van der Waals surface area contributed by atoms with E-state index in [0.717, 1.165) is 5.75 Å². The lowest BCUT2D eigenvalue weighted by Gasteiger charge is -2.36. The predicted octanol–water partition coefficient (Wildman–Crippen LogP) is 2.03. The number of hydrogen-bond acceptors (Lipinski definition) is 5. The van der Waals surface area contributed by atoms with Crippen molar-refractivity contribution in [1.29, 1.82) is 0 Å². The van der Waals surface area contributed by atoms with Crippen LogP contribution in [0, 0.1) is 0 Å². The van der Waals surface area contributed by atoms with Gasteiger partial charge in [0.2, 0.25) is 10.0 Å². The lowest BCUT2D eigenvalue weighted by Crippen LogP contribution is -2.47. The fourth-order valence-electron chi connectivity index (χ4n) is 2.27. The summed E-state index contributed by atoms with van der Waals surface area (Å²) < 4.78 is 27.4. The number of hydrogen-bond donors (Lipinski definition) is 1. The second kappa shape index (κ2) is 6.32. The number of rotatable bonds is 4. The van der Waals surface area contributed by atoms with Crippen molar-refractivity contribution in [3.8, 4) is 0 Å². The van der Waals surface area contributed by atoms with Crippen molar-refractivity contribution in [2.45, 2.75) is 37.0 Å². The SMILES string of the molecule is CCNc1ncccc1S(=O)(=O)N1CCSC(C)C1C. The molecule has 1 aromatic heterocycles. The van der Waals surface area contributed by atoms with E-state index in [9.17, 15) is 8.42 Å². The molecule has 0 amide bonds. The minimum Gasteiger partial charge on any atom is -0.369 e. The first-order chi connectivity index (χ1) is 9.48. The molecular weight excluding hydrogens is 294 g/mol. The Morgan fingerprint density at radius 2 is 2.25 bits per heavy atom. The van der Waals surface area contributed by atoms with Crippen LogP contribution in [0.3, 0.4) is 0 Å². The van der Waals surface area contributed by atoms with E-state index in [1.807, 2.05) is 25.6 Å². The second-order valence-electron chi connectivity index (χ2n) is 4.81. The summed E-state index contributed by atoms with van der Waals surface area (Å²) in [5.41, 5.74) is 0. The van der Waals surface area contributed by atoms with Crippen LogP contribution in [0.15, 0.2) is 23.2 Å². The monoisotopic (exact) mass is 315 g/mol. The summed E-state index contributed by atoms with van der Waals surface area (Å²) in [4.78, 5) is 4.42. The molecule has 0 bridgehead atoms. The molecule has 2 rings (SSSR count). The molecule has 1 fully saturated rings. The molecule has 1 aliphatic heterocycles. The number of anilines is 1. The maximum Gasteiger partial charge on any atom is 0.247 e. The molecule has 0 radical (unpaired) electrons. The van der Waals surface area contributed by atoms with Gasteiger partial charge in [-0.3, -0.25) is 0 Å². The molecule has 20 heavy (non-hydrogen) atoms. The molecule has 2 heterocycles. The molecule has 2 atom stereocenters. The van der Waals surface area contributed by atoms with E-state index in [1.165, 1.54) is 0 Å². The summed E-state index contributed by atoms with van der Waals surface area (Å²) in [6.07, 6.45) is 1.61. The van der Waals surface area contributed by atoms with Gasteiger partial charge in [-0.05, 0) is 26.0 Å². The van der Waals surface area contributed by atoms with Crippen LogP contribution < -0.4 is 5.32 Å². The first-order valence-electron chi connectivity index (χ1n) is 6.80. The van der Waals surface area contributed by atoms with Crippen LogP contribution in [0.4, 0.5) is 5.82 Å². The van der Waals surface area contributed by atoms with Crippen LogP contribution in [-0.2, 0) is 10.0 Å². The largest absolute Gasteiger partial charge is 0.369 e. The van der Waals surface area contributed by atoms with Crippen LogP contribution in [0.25, 0.3) is 0 Å². The van der Waals surface area contributed by atoms with Gasteiger partial charge in [-0.2, -0.15) is 16.1 Å². The fraction of sp³-hybridized carbons (Fsp3) is 0.615. The second-order valence-corrected chi connectivity index (χ2v) is 8.16. The Morgan fingerprint density at radius 1 is 1.50 bits per heavy atom. The average molecular weight is 315 g/mol. The maximum atomic E-state index is 12.9. The standard InChI is InChI=1S/C13H21N3O2S2/c1-4-14-13-12(6-5-7-15-13)20(17,18)16-8-9-19-11(3)10(16)2/h5-7,10-11H,4,8-9H2,1-3H3,(H,14,15). The normalized spacial score (nSPS) is 24.6. The third kappa shape index (κ3) is 2.94. The number of thioether (sulfide) groups is 1. The summed E-state index contributed by atoms with van der Waals surface area (Å²) in [6, 6.07) is 3.29. The number of sulfonamides is 1. The highest BCUT2D eigenvalue weighted by molar-refractivity contribution is 8.00. The molecule has 1 N–H and O–H groups in total. The van der Waals surface area contributed by atoms with Crippen LogP contribution in [0.2, 0.25) is 0 Å². The van der Waals surface area contributed by atoms with Crippen molar-refractivity contribution in [1.82, 2.24) is 9.29 Å². The molecule has 7 heteroatoms. The predicted molar refractivity (Wildman–Crippen MR) is 83.7 cm³/mol. The van der Waals surface area contributed by atoms with Gasteiger partial charge >= 0.3 is 0 Å². The molecule has 2 unspecified atom stereocenters. The van der Waals surface area contributed by atoms with Gasteiger partial charge in [0.15, 0.2) is 0 Å². The lowest BCUT2D eigenvalue weighted by molar-refractivity contribution is 0.340. The summed E-state index contributed by atoms with van der Waals surface area (Å²) in [5, 5.41) is 3.33. The van der Waals surface area contributed by atoms with Gasteiger partial charge in [-0.25, -0.2) is 13.4 Å². The molecular formula is C13H21N3O2S2. The molecule has 5 nitrogen and oxygen atoms in total. The van der Waals surface area contributed by atoms with Crippen LogP contribution in [0.5, 0.6) is 0 Å². The van der Waals surface area contributed by atoms with Gasteiger partial charge in [-0.15, -0.1) is 0 Å². The number of pyridine rings is 1. The van der Waals surface area contributed by atoms with Gasteiger partial charge in [0.25, 0.3) is 0 Å². The van der Waals surface area contributed by atoms with Crippen LogP contribution in [0.1, 0.15) is 20.8 Å². The average Bonchev–Trinajstić information content (AvgIpc) is 2.42. The minimum atomic E-state index is -3.50. The fourth-order valence-corrected chi connectivity index (χ4v) is 5.39. The summed E-state index contributed by atoms with van der Waals surface area (Å²) >= 11 is 1.82. The number of nitrogens with one attached hydrogen (secondary N) is 1. The first kappa shape index (κ1) is 15.6. The molecule has 112 valence electrons. The molecule has 1 aliphatic rings. The van der Waals surface area contributed by atoms with Gasteiger partial charge < -0.3 is 5.32 Å². The third-order valence-corrected chi connectivity index (χ3v) is 6.88. The highest BCUT2D eigenvalue weighted by Gasteiger charge is 2.36. The van der Waals surface area contributed by atoms with Crippen LogP contribution >= 0.6 is 11.8 Å². The molecule has 0 saturated carbocycles. The Balaban J connectivity index is 2.39. The minimum absolute atomic E-state index is 0.00608. The van der Waals surface area contributed by atoms with E-state index in [4.69, 9.17) is 0 Å². The molecule has 0 aliphatic carbocycles. The van der Waals surface area contributed by atoms with E-state index >= 15 is 0 Å². The summed E-state index contributed by atoms with van der Waals surface area (Å²) in [6.45, 7) is 7.16. The smallest absolute Gasteiger partial charge is 0.247 e. The molecule has 0 aromatic carbocycles. The zero-order valence-corrected chi connectivity index (χ0v) is 13.7. The quantitative estimate of drug-likeness (QED) is 0.921. The third-order valence-electron chi connectivity index (χ3n) is 3.53. The molecule has 1 saturated heterocycles. The van der Waals surface area contributed by atoms with Gasteiger partial charge in [0.1, 0.15) is 10.7 Å². The van der Waals surface area contributed by atoms with E-state index in [2.05, 4.69) is 17.2 Å². The van der Waals surface area contributed by atoms with E-state index in [0.29, 0.717) is 24.2 Å². The van der Waals surface area contributed by atoms with E-state index in [-0.39, 0.29) is 10.9 Å². The Morgan fingerprint density at radius 3 is 2.95 bits per heavy atom. The zero-order chi connectivity index (χ0) is 14.8. The Labute approximate surface area is 125 Å². The number of aromatic nitrogens is 1. The van der Waals surface area contributed by atoms with Crippen molar-refractivity contribution in [3.63, 3.8) is 0 Å². The summed E-state index contributed by atoms with van der Waals surface area (Å²) in [5.74, 6) is 1.27. The highest BCUT2D eigenvalue weighted by atomic mass is 32.2. The number of nitrogens with zero attached hydrogens (tertiary/aromatic N) is 2.